The van der Waals surface area contributed by atoms with Crippen LogP contribution in [0.5, 0.6) is 11.5 Å². The first-order valence-electron chi connectivity index (χ1n) is 9.29. The molecule has 0 bridgehead atoms. The van der Waals surface area contributed by atoms with E-state index in [4.69, 9.17) is 9.47 Å². The van der Waals surface area contributed by atoms with Crippen molar-refractivity contribution < 1.29 is 19.1 Å². The third kappa shape index (κ3) is 6.97. The van der Waals surface area contributed by atoms with Crippen LogP contribution < -0.4 is 20.2 Å². The summed E-state index contributed by atoms with van der Waals surface area (Å²) in [5, 5.41) is 6.71. The first-order valence-corrected chi connectivity index (χ1v) is 10.1. The first kappa shape index (κ1) is 22.0. The fraction of sp³-hybridized carbons (Fsp3) is 0.0870. The van der Waals surface area contributed by atoms with E-state index in [-0.39, 0.29) is 18.4 Å². The fourth-order valence-corrected chi connectivity index (χ4v) is 2.80. The number of nitrogens with one attached hydrogen (secondary N) is 2. The normalized spacial score (nSPS) is 10.5. The van der Waals surface area contributed by atoms with Crippen LogP contribution in [-0.4, -0.2) is 31.7 Å². The van der Waals surface area contributed by atoms with Crippen molar-refractivity contribution in [3.8, 4) is 11.5 Å². The van der Waals surface area contributed by atoms with Gasteiger partial charge in [-0.1, -0.05) is 28.1 Å². The Labute approximate surface area is 188 Å². The summed E-state index contributed by atoms with van der Waals surface area (Å²) in [6, 6.07) is 21.0. The molecule has 0 spiro atoms. The number of nitrogens with zero attached hydrogens (tertiary/aromatic N) is 1. The number of carbonyl (C=O) groups excluding carboxylic acids is 2. The van der Waals surface area contributed by atoms with Crippen LogP contribution in [0, 0.1) is 0 Å². The monoisotopic (exact) mass is 481 g/mol. The van der Waals surface area contributed by atoms with Crippen LogP contribution in [0.2, 0.25) is 0 Å². The summed E-state index contributed by atoms with van der Waals surface area (Å²) in [5.74, 6) is 0.617. The molecule has 0 radical (unpaired) electrons. The lowest BCUT2D eigenvalue weighted by molar-refractivity contribution is -0.118. The number of benzene rings is 3. The number of halogens is 1. The van der Waals surface area contributed by atoms with Gasteiger partial charge in [-0.2, -0.15) is 5.10 Å². The number of amides is 2. The summed E-state index contributed by atoms with van der Waals surface area (Å²) >= 11 is 3.33. The van der Waals surface area contributed by atoms with Gasteiger partial charge in [0.15, 0.2) is 6.61 Å². The Morgan fingerprint density at radius 1 is 1.00 bits per heavy atom. The van der Waals surface area contributed by atoms with Crippen LogP contribution in [0.4, 0.5) is 5.69 Å². The van der Waals surface area contributed by atoms with Crippen molar-refractivity contribution in [3.63, 3.8) is 0 Å². The van der Waals surface area contributed by atoms with Gasteiger partial charge in [-0.15, -0.1) is 0 Å². The molecule has 0 saturated heterocycles. The van der Waals surface area contributed by atoms with Crippen LogP contribution in [0.1, 0.15) is 15.9 Å². The molecule has 3 rings (SSSR count). The van der Waals surface area contributed by atoms with Crippen molar-refractivity contribution >= 4 is 39.6 Å². The van der Waals surface area contributed by atoms with Crippen molar-refractivity contribution in [1.29, 1.82) is 0 Å². The van der Waals surface area contributed by atoms with Crippen molar-refractivity contribution in [2.24, 2.45) is 5.10 Å². The molecular formula is C23H20BrN3O4. The maximum absolute atomic E-state index is 12.1. The van der Waals surface area contributed by atoms with Crippen molar-refractivity contribution in [2.75, 3.05) is 19.0 Å². The van der Waals surface area contributed by atoms with Crippen molar-refractivity contribution in [3.05, 3.63) is 88.4 Å². The van der Waals surface area contributed by atoms with Gasteiger partial charge in [0, 0.05) is 15.7 Å². The smallest absolute Gasteiger partial charge is 0.271 e. The number of carbonyl (C=O) groups is 2. The zero-order valence-corrected chi connectivity index (χ0v) is 18.3. The van der Waals surface area contributed by atoms with Gasteiger partial charge in [0.05, 0.1) is 13.3 Å². The molecule has 0 aliphatic heterocycles. The Bertz CT molecular complexity index is 1070. The molecule has 158 valence electrons. The maximum atomic E-state index is 12.1. The third-order valence-electron chi connectivity index (χ3n) is 4.09. The summed E-state index contributed by atoms with van der Waals surface area (Å²) in [4.78, 5) is 24.1. The molecule has 3 aromatic carbocycles. The first-order chi connectivity index (χ1) is 15.0. The summed E-state index contributed by atoms with van der Waals surface area (Å²) < 4.78 is 11.5. The molecule has 0 heterocycles. The number of ether oxygens (including phenoxy) is 2. The molecule has 0 unspecified atom stereocenters. The molecule has 8 heteroatoms. The van der Waals surface area contributed by atoms with Crippen LogP contribution in [-0.2, 0) is 4.79 Å². The fourth-order valence-electron chi connectivity index (χ4n) is 2.54. The van der Waals surface area contributed by atoms with Gasteiger partial charge in [-0.3, -0.25) is 9.59 Å². The second-order valence-corrected chi connectivity index (χ2v) is 7.26. The average molecular weight is 482 g/mol. The number of hydrogen-bond donors (Lipinski definition) is 2. The van der Waals surface area contributed by atoms with Crippen molar-refractivity contribution in [1.82, 2.24) is 5.43 Å². The lowest BCUT2D eigenvalue weighted by Gasteiger charge is -2.08. The average Bonchev–Trinajstić information content (AvgIpc) is 2.79. The van der Waals surface area contributed by atoms with Gasteiger partial charge in [-0.05, 0) is 66.2 Å². The number of hydrazone groups is 1. The second-order valence-electron chi connectivity index (χ2n) is 6.34. The van der Waals surface area contributed by atoms with Crippen molar-refractivity contribution in [2.45, 2.75) is 0 Å². The minimum atomic E-state index is -0.314. The highest BCUT2D eigenvalue weighted by Crippen LogP contribution is 2.16. The molecule has 0 fully saturated rings. The topological polar surface area (TPSA) is 89.0 Å². The van der Waals surface area contributed by atoms with Gasteiger partial charge >= 0.3 is 0 Å². The highest BCUT2D eigenvalue weighted by Gasteiger charge is 2.05. The van der Waals surface area contributed by atoms with E-state index in [9.17, 15) is 9.59 Å². The number of methoxy groups -OCH3 is 1. The number of anilines is 1. The van der Waals surface area contributed by atoms with E-state index in [0.717, 1.165) is 4.47 Å². The van der Waals surface area contributed by atoms with Crippen LogP contribution >= 0.6 is 15.9 Å². The van der Waals surface area contributed by atoms with Gasteiger partial charge in [0.1, 0.15) is 11.5 Å². The van der Waals surface area contributed by atoms with Gasteiger partial charge < -0.3 is 14.8 Å². The molecule has 2 amide bonds. The predicted molar refractivity (Wildman–Crippen MR) is 123 cm³/mol. The summed E-state index contributed by atoms with van der Waals surface area (Å²) in [7, 11) is 1.58. The lowest BCUT2D eigenvalue weighted by Crippen LogP contribution is -2.20. The second kappa shape index (κ2) is 10.9. The van der Waals surface area contributed by atoms with E-state index in [1.165, 1.54) is 6.21 Å². The minimum absolute atomic E-state index is 0.146. The third-order valence-corrected chi connectivity index (χ3v) is 4.62. The zero-order valence-electron chi connectivity index (χ0n) is 16.7. The van der Waals surface area contributed by atoms with E-state index in [1.54, 1.807) is 79.9 Å². The molecule has 3 aromatic rings. The minimum Gasteiger partial charge on any atom is -0.497 e. The zero-order chi connectivity index (χ0) is 22.1. The predicted octanol–water partition coefficient (Wildman–Crippen LogP) is 4.24. The van der Waals surface area contributed by atoms with E-state index < -0.39 is 0 Å². The van der Waals surface area contributed by atoms with E-state index in [1.807, 2.05) is 0 Å². The van der Waals surface area contributed by atoms with E-state index in [2.05, 4.69) is 31.8 Å². The maximum Gasteiger partial charge on any atom is 0.271 e. The standard InChI is InChI=1S/C23H20BrN3O4/c1-30-20-11-9-19(10-12-20)26-22(28)15-31-21-4-2-3-16(13-21)14-25-27-23(29)17-5-7-18(24)8-6-17/h2-14H,15H2,1H3,(H,26,28)(H,27,29)/b25-14+. The Balaban J connectivity index is 1.49. The molecule has 0 saturated carbocycles. The lowest BCUT2D eigenvalue weighted by atomic mass is 10.2. The molecule has 0 atom stereocenters. The SMILES string of the molecule is COc1ccc(NC(=O)COc2cccc(/C=N/NC(=O)c3ccc(Br)cc3)c2)cc1. The largest absolute Gasteiger partial charge is 0.497 e. The van der Waals surface area contributed by atoms with Crippen LogP contribution in [0.3, 0.4) is 0 Å². The molecule has 2 N–H and O–H groups in total. The number of hydrogen-bond acceptors (Lipinski definition) is 5. The quantitative estimate of drug-likeness (QED) is 0.372. The summed E-state index contributed by atoms with van der Waals surface area (Å²) in [6.45, 7) is -0.146. The van der Waals surface area contributed by atoms with Crippen LogP contribution in [0.25, 0.3) is 0 Å². The molecule has 0 aromatic heterocycles. The Morgan fingerprint density at radius 2 is 1.74 bits per heavy atom. The summed E-state index contributed by atoms with van der Waals surface area (Å²) in [6.07, 6.45) is 1.50. The molecule has 0 aliphatic carbocycles. The highest BCUT2D eigenvalue weighted by atomic mass is 79.9. The van der Waals surface area contributed by atoms with E-state index in [0.29, 0.717) is 28.3 Å². The molecule has 0 aliphatic rings. The Morgan fingerprint density at radius 3 is 2.45 bits per heavy atom. The molecule has 31 heavy (non-hydrogen) atoms. The van der Waals surface area contributed by atoms with Gasteiger partial charge in [-0.25, -0.2) is 5.43 Å². The van der Waals surface area contributed by atoms with Crippen LogP contribution in [0.15, 0.2) is 82.4 Å². The van der Waals surface area contributed by atoms with Gasteiger partial charge in [0.2, 0.25) is 0 Å². The number of rotatable bonds is 8. The summed E-state index contributed by atoms with van der Waals surface area (Å²) in [5.41, 5.74) is 4.34. The van der Waals surface area contributed by atoms with E-state index >= 15 is 0 Å². The Kier molecular flexibility index (Phi) is 7.78. The molecular weight excluding hydrogens is 462 g/mol. The highest BCUT2D eigenvalue weighted by molar-refractivity contribution is 9.10. The van der Waals surface area contributed by atoms with Gasteiger partial charge in [0.25, 0.3) is 11.8 Å². The Hall–Kier alpha value is -3.65. The molecule has 7 nitrogen and oxygen atoms in total.